The summed E-state index contributed by atoms with van der Waals surface area (Å²) in [6.07, 6.45) is 9.51. The van der Waals surface area contributed by atoms with Crippen molar-refractivity contribution in [1.29, 1.82) is 0 Å². The summed E-state index contributed by atoms with van der Waals surface area (Å²) in [6, 6.07) is 7.19. The number of carbonyl (C=O) groups is 1. The van der Waals surface area contributed by atoms with E-state index in [1.807, 2.05) is 12.1 Å². The maximum Gasteiger partial charge on any atom is 0.250 e. The summed E-state index contributed by atoms with van der Waals surface area (Å²) < 4.78 is 25.4. The lowest BCUT2D eigenvalue weighted by molar-refractivity contribution is -0.111. The standard InChI is InChI=1S/C20H23N3O3S2/c24-19(22-20-21-17-5-2-1-3-6-18(17)27-20)12-9-15-7-10-16(11-8-15)23-13-4-14-28(23,25)26/h7-12H,1-6,13-14H2,(H,21,22,24)/b12-9+. The normalized spacial score (nSPS) is 18.8. The van der Waals surface area contributed by atoms with Crippen molar-refractivity contribution in [2.75, 3.05) is 21.9 Å². The van der Waals surface area contributed by atoms with Crippen molar-refractivity contribution >= 4 is 44.2 Å². The summed E-state index contributed by atoms with van der Waals surface area (Å²) in [5.41, 5.74) is 2.64. The lowest BCUT2D eigenvalue weighted by Crippen LogP contribution is -2.24. The van der Waals surface area contributed by atoms with Crippen LogP contribution in [0.1, 0.15) is 41.8 Å². The Morgan fingerprint density at radius 2 is 1.89 bits per heavy atom. The van der Waals surface area contributed by atoms with E-state index in [4.69, 9.17) is 0 Å². The number of fused-ring (bicyclic) bond motifs is 1. The molecule has 1 fully saturated rings. The highest BCUT2D eigenvalue weighted by Crippen LogP contribution is 2.29. The molecule has 8 heteroatoms. The third kappa shape index (κ3) is 4.28. The first-order valence-corrected chi connectivity index (χ1v) is 12.0. The second-order valence-electron chi connectivity index (χ2n) is 7.11. The molecule has 1 amide bonds. The molecule has 4 rings (SSSR count). The van der Waals surface area contributed by atoms with Gasteiger partial charge in [-0.1, -0.05) is 18.6 Å². The molecule has 2 heterocycles. The second kappa shape index (κ2) is 8.05. The van der Waals surface area contributed by atoms with E-state index in [9.17, 15) is 13.2 Å². The van der Waals surface area contributed by atoms with Gasteiger partial charge in [-0.05, 0) is 55.9 Å². The van der Waals surface area contributed by atoms with Crippen molar-refractivity contribution < 1.29 is 13.2 Å². The molecule has 1 saturated heterocycles. The van der Waals surface area contributed by atoms with Crippen LogP contribution in [0.4, 0.5) is 10.8 Å². The maximum absolute atomic E-state index is 12.2. The smallest absolute Gasteiger partial charge is 0.250 e. The number of benzene rings is 1. The van der Waals surface area contributed by atoms with Gasteiger partial charge in [0.1, 0.15) is 0 Å². The molecule has 2 aromatic rings. The molecule has 0 unspecified atom stereocenters. The minimum absolute atomic E-state index is 0.203. The van der Waals surface area contributed by atoms with E-state index in [1.165, 1.54) is 34.5 Å². The molecule has 0 radical (unpaired) electrons. The molecular formula is C20H23N3O3S2. The minimum Gasteiger partial charge on any atom is -0.298 e. The van der Waals surface area contributed by atoms with Gasteiger partial charge in [0, 0.05) is 17.5 Å². The highest BCUT2D eigenvalue weighted by molar-refractivity contribution is 7.93. The number of sulfonamides is 1. The first-order chi connectivity index (χ1) is 13.5. The van der Waals surface area contributed by atoms with Gasteiger partial charge in [-0.3, -0.25) is 14.4 Å². The predicted molar refractivity (Wildman–Crippen MR) is 113 cm³/mol. The van der Waals surface area contributed by atoms with E-state index >= 15 is 0 Å². The number of amides is 1. The van der Waals surface area contributed by atoms with E-state index in [2.05, 4.69) is 10.3 Å². The van der Waals surface area contributed by atoms with Crippen LogP contribution in [0.25, 0.3) is 6.08 Å². The number of nitrogens with zero attached hydrogens (tertiary/aromatic N) is 2. The number of aryl methyl sites for hydroxylation is 2. The number of thiazole rings is 1. The Morgan fingerprint density at radius 3 is 2.64 bits per heavy atom. The predicted octanol–water partition coefficient (Wildman–Crippen LogP) is 3.60. The lowest BCUT2D eigenvalue weighted by Gasteiger charge is -2.16. The Kier molecular flexibility index (Phi) is 5.50. The van der Waals surface area contributed by atoms with E-state index in [1.54, 1.807) is 29.5 Å². The summed E-state index contributed by atoms with van der Waals surface area (Å²) in [6.45, 7) is 0.526. The molecule has 28 heavy (non-hydrogen) atoms. The SMILES string of the molecule is O=C(/C=C/c1ccc(N2CCCS2(=O)=O)cc1)Nc1nc2c(s1)CCCCC2. The second-order valence-corrected chi connectivity index (χ2v) is 10.2. The zero-order valence-electron chi connectivity index (χ0n) is 15.6. The molecule has 0 atom stereocenters. The van der Waals surface area contributed by atoms with Crippen molar-refractivity contribution in [3.8, 4) is 0 Å². The van der Waals surface area contributed by atoms with Crippen LogP contribution < -0.4 is 9.62 Å². The van der Waals surface area contributed by atoms with Crippen LogP contribution in [0.15, 0.2) is 30.3 Å². The van der Waals surface area contributed by atoms with Crippen LogP contribution in [0.3, 0.4) is 0 Å². The summed E-state index contributed by atoms with van der Waals surface area (Å²) in [4.78, 5) is 18.1. The molecular weight excluding hydrogens is 394 g/mol. The van der Waals surface area contributed by atoms with Crippen molar-refractivity contribution in [3.05, 3.63) is 46.5 Å². The molecule has 0 spiro atoms. The number of carbonyl (C=O) groups excluding carboxylic acids is 1. The first kappa shape index (κ1) is 19.1. The molecule has 0 bridgehead atoms. The fourth-order valence-electron chi connectivity index (χ4n) is 3.58. The number of aromatic nitrogens is 1. The topological polar surface area (TPSA) is 79.4 Å². The van der Waals surface area contributed by atoms with Gasteiger partial charge in [0.2, 0.25) is 15.9 Å². The Labute approximate surface area is 169 Å². The van der Waals surface area contributed by atoms with E-state index in [0.717, 1.165) is 24.1 Å². The Bertz CT molecular complexity index is 971. The monoisotopic (exact) mass is 417 g/mol. The van der Waals surface area contributed by atoms with Gasteiger partial charge >= 0.3 is 0 Å². The molecule has 1 aromatic carbocycles. The van der Waals surface area contributed by atoms with Gasteiger partial charge in [-0.15, -0.1) is 11.3 Å². The number of rotatable bonds is 4. The highest BCUT2D eigenvalue weighted by Gasteiger charge is 2.28. The van der Waals surface area contributed by atoms with E-state index in [-0.39, 0.29) is 11.7 Å². The fraction of sp³-hybridized carbons (Fsp3) is 0.400. The average Bonchev–Trinajstić information content (AvgIpc) is 3.14. The third-order valence-electron chi connectivity index (χ3n) is 5.03. The molecule has 148 valence electrons. The van der Waals surface area contributed by atoms with Gasteiger partial charge in [0.05, 0.1) is 17.1 Å². The molecule has 1 aliphatic carbocycles. The van der Waals surface area contributed by atoms with E-state index in [0.29, 0.717) is 23.8 Å². The van der Waals surface area contributed by atoms with Gasteiger partial charge in [-0.2, -0.15) is 0 Å². The largest absolute Gasteiger partial charge is 0.298 e. The van der Waals surface area contributed by atoms with Gasteiger partial charge in [0.25, 0.3) is 0 Å². The molecule has 6 nitrogen and oxygen atoms in total. The lowest BCUT2D eigenvalue weighted by atomic mass is 10.2. The van der Waals surface area contributed by atoms with Gasteiger partial charge < -0.3 is 0 Å². The number of hydrogen-bond acceptors (Lipinski definition) is 5. The van der Waals surface area contributed by atoms with Crippen molar-refractivity contribution in [2.24, 2.45) is 0 Å². The van der Waals surface area contributed by atoms with Crippen molar-refractivity contribution in [3.63, 3.8) is 0 Å². The quantitative estimate of drug-likeness (QED) is 0.609. The molecule has 2 aliphatic rings. The summed E-state index contributed by atoms with van der Waals surface area (Å²) in [5, 5.41) is 3.51. The van der Waals surface area contributed by atoms with Gasteiger partial charge in [-0.25, -0.2) is 13.4 Å². The van der Waals surface area contributed by atoms with Crippen LogP contribution in [0.2, 0.25) is 0 Å². The number of nitrogens with one attached hydrogen (secondary N) is 1. The maximum atomic E-state index is 12.2. The Balaban J connectivity index is 1.38. The average molecular weight is 418 g/mol. The minimum atomic E-state index is -3.17. The molecule has 1 aromatic heterocycles. The number of hydrogen-bond donors (Lipinski definition) is 1. The zero-order chi connectivity index (χ0) is 19.6. The first-order valence-electron chi connectivity index (χ1n) is 9.59. The highest BCUT2D eigenvalue weighted by atomic mass is 32.2. The fourth-order valence-corrected chi connectivity index (χ4v) is 6.20. The van der Waals surface area contributed by atoms with Crippen LogP contribution in [0.5, 0.6) is 0 Å². The van der Waals surface area contributed by atoms with Crippen molar-refractivity contribution in [2.45, 2.75) is 38.5 Å². The molecule has 1 N–H and O–H groups in total. The Hall–Kier alpha value is -2.19. The van der Waals surface area contributed by atoms with Crippen LogP contribution in [0, 0.1) is 0 Å². The van der Waals surface area contributed by atoms with Gasteiger partial charge in [0.15, 0.2) is 5.13 Å². The van der Waals surface area contributed by atoms with Crippen LogP contribution in [-0.2, 0) is 27.7 Å². The summed E-state index contributed by atoms with van der Waals surface area (Å²) in [5.74, 6) is -0.00948. The number of anilines is 2. The molecule has 1 aliphatic heterocycles. The van der Waals surface area contributed by atoms with E-state index < -0.39 is 10.0 Å². The zero-order valence-corrected chi connectivity index (χ0v) is 17.2. The van der Waals surface area contributed by atoms with Crippen LogP contribution >= 0.6 is 11.3 Å². The Morgan fingerprint density at radius 1 is 1.11 bits per heavy atom. The molecule has 0 saturated carbocycles. The summed E-state index contributed by atoms with van der Waals surface area (Å²) >= 11 is 1.58. The van der Waals surface area contributed by atoms with Crippen LogP contribution in [-0.4, -0.2) is 31.6 Å². The third-order valence-corrected chi connectivity index (χ3v) is 7.98. The summed E-state index contributed by atoms with van der Waals surface area (Å²) in [7, 11) is -3.17. The van der Waals surface area contributed by atoms with Crippen molar-refractivity contribution in [1.82, 2.24) is 4.98 Å².